The first kappa shape index (κ1) is 15.9. The van der Waals surface area contributed by atoms with Crippen LogP contribution in [0.3, 0.4) is 0 Å². The molecule has 1 N–H and O–H groups in total. The number of nitrogens with zero attached hydrogens (tertiary/aromatic N) is 2. The van der Waals surface area contributed by atoms with Gasteiger partial charge >= 0.3 is 0 Å². The third-order valence-electron chi connectivity index (χ3n) is 4.12. The van der Waals surface area contributed by atoms with Gasteiger partial charge in [-0.1, -0.05) is 11.6 Å². The summed E-state index contributed by atoms with van der Waals surface area (Å²) in [5, 5.41) is 13.8. The lowest BCUT2D eigenvalue weighted by Crippen LogP contribution is -1.94. The predicted octanol–water partition coefficient (Wildman–Crippen LogP) is 4.55. The summed E-state index contributed by atoms with van der Waals surface area (Å²) < 4.78 is 5.61. The number of allylic oxidation sites excluding steroid dienone is 1. The molecular formula is C18H12ClN3O2S. The van der Waals surface area contributed by atoms with Crippen molar-refractivity contribution in [3.05, 3.63) is 51.3 Å². The van der Waals surface area contributed by atoms with Gasteiger partial charge in [0.1, 0.15) is 16.6 Å². The third-order valence-corrected chi connectivity index (χ3v) is 5.57. The summed E-state index contributed by atoms with van der Waals surface area (Å²) in [7, 11) is 0. The van der Waals surface area contributed by atoms with Gasteiger partial charge in [0, 0.05) is 16.1 Å². The molecule has 0 radical (unpaired) electrons. The molecule has 3 aromatic rings. The Morgan fingerprint density at radius 3 is 3.12 bits per heavy atom. The van der Waals surface area contributed by atoms with Crippen molar-refractivity contribution in [1.82, 2.24) is 4.98 Å². The minimum Gasteiger partial charge on any atom is -0.436 e. The van der Waals surface area contributed by atoms with E-state index in [1.807, 2.05) is 0 Å². The van der Waals surface area contributed by atoms with E-state index >= 15 is 0 Å². The minimum atomic E-state index is 0.211. The molecule has 0 unspecified atom stereocenters. The first-order chi connectivity index (χ1) is 12.2. The number of carbonyl (C=O) groups is 1. The molecule has 0 spiro atoms. The summed E-state index contributed by atoms with van der Waals surface area (Å²) in [4.78, 5) is 17.0. The molecule has 0 saturated heterocycles. The highest BCUT2D eigenvalue weighted by Gasteiger charge is 2.22. The van der Waals surface area contributed by atoms with Gasteiger partial charge in [-0.15, -0.1) is 11.3 Å². The van der Waals surface area contributed by atoms with Gasteiger partial charge in [-0.05, 0) is 43.0 Å². The molecule has 4 rings (SSSR count). The maximum atomic E-state index is 11.5. The molecule has 7 heteroatoms. The zero-order valence-corrected chi connectivity index (χ0v) is 14.6. The molecule has 2 aromatic heterocycles. The maximum absolute atomic E-state index is 11.5. The van der Waals surface area contributed by atoms with Crippen molar-refractivity contribution >= 4 is 50.9 Å². The van der Waals surface area contributed by atoms with Crippen molar-refractivity contribution in [1.29, 1.82) is 5.26 Å². The van der Waals surface area contributed by atoms with E-state index in [9.17, 15) is 10.1 Å². The number of carbonyl (C=O) groups excluding carboxylic acids is 1. The summed E-state index contributed by atoms with van der Waals surface area (Å²) >= 11 is 7.51. The lowest BCUT2D eigenvalue weighted by atomic mass is 10.1. The van der Waals surface area contributed by atoms with Crippen LogP contribution in [0.5, 0.6) is 0 Å². The van der Waals surface area contributed by atoms with Crippen LogP contribution in [0.4, 0.5) is 5.00 Å². The predicted molar refractivity (Wildman–Crippen MR) is 97.7 cm³/mol. The largest absolute Gasteiger partial charge is 0.436 e. The molecule has 0 aliphatic heterocycles. The van der Waals surface area contributed by atoms with Crippen LogP contribution < -0.4 is 5.32 Å². The average molecular weight is 370 g/mol. The number of anilines is 1. The van der Waals surface area contributed by atoms with Gasteiger partial charge in [0.05, 0.1) is 11.1 Å². The van der Waals surface area contributed by atoms with Crippen molar-refractivity contribution in [2.24, 2.45) is 0 Å². The van der Waals surface area contributed by atoms with E-state index in [2.05, 4.69) is 16.4 Å². The fraction of sp³-hybridized carbons (Fsp3) is 0.167. The van der Waals surface area contributed by atoms with Gasteiger partial charge in [0.2, 0.25) is 5.89 Å². The Bertz CT molecular complexity index is 1060. The second-order valence-corrected chi connectivity index (χ2v) is 7.21. The van der Waals surface area contributed by atoms with E-state index in [0.29, 0.717) is 28.0 Å². The number of aromatic nitrogens is 1. The van der Waals surface area contributed by atoms with Crippen LogP contribution in [0, 0.1) is 11.3 Å². The Balaban J connectivity index is 1.67. The van der Waals surface area contributed by atoms with Gasteiger partial charge in [0.15, 0.2) is 11.9 Å². The number of aldehydes is 1. The second kappa shape index (κ2) is 6.36. The molecule has 1 aliphatic carbocycles. The molecule has 2 heterocycles. The van der Waals surface area contributed by atoms with Crippen molar-refractivity contribution < 1.29 is 9.21 Å². The smallest absolute Gasteiger partial charge is 0.232 e. The zero-order valence-electron chi connectivity index (χ0n) is 13.0. The number of hydrogen-bond acceptors (Lipinski definition) is 6. The number of nitriles is 1. The van der Waals surface area contributed by atoms with Crippen LogP contribution in [0.1, 0.15) is 28.3 Å². The summed E-state index contributed by atoms with van der Waals surface area (Å²) in [6.07, 6.45) is 5.24. The first-order valence-corrected chi connectivity index (χ1v) is 8.92. The molecule has 0 fully saturated rings. The number of rotatable bonds is 4. The standard InChI is InChI=1S/C18H12ClN3O2S/c19-11-4-5-15-14(6-11)22-17(24-15)10(9-23)8-21-18-13(7-20)12-2-1-3-16(12)25-18/h4-6,8-9,21H,1-3H2/b10-8+. The van der Waals surface area contributed by atoms with E-state index in [0.717, 1.165) is 29.8 Å². The van der Waals surface area contributed by atoms with Crippen LogP contribution >= 0.6 is 22.9 Å². The molecule has 25 heavy (non-hydrogen) atoms. The number of halogens is 1. The van der Waals surface area contributed by atoms with Gasteiger partial charge in [0.25, 0.3) is 0 Å². The summed E-state index contributed by atoms with van der Waals surface area (Å²) in [6.45, 7) is 0. The lowest BCUT2D eigenvalue weighted by Gasteiger charge is -2.00. The quantitative estimate of drug-likeness (QED) is 0.539. The van der Waals surface area contributed by atoms with E-state index in [4.69, 9.17) is 16.0 Å². The number of fused-ring (bicyclic) bond motifs is 2. The van der Waals surface area contributed by atoms with Crippen molar-refractivity contribution in [3.8, 4) is 6.07 Å². The summed E-state index contributed by atoms with van der Waals surface area (Å²) in [5.74, 6) is 0.211. The fourth-order valence-electron chi connectivity index (χ4n) is 2.94. The molecule has 1 aromatic carbocycles. The molecule has 1 aliphatic rings. The number of benzene rings is 1. The van der Waals surface area contributed by atoms with Crippen molar-refractivity contribution in [3.63, 3.8) is 0 Å². The van der Waals surface area contributed by atoms with Crippen LogP contribution in [0.2, 0.25) is 5.02 Å². The Labute approximate surface area is 152 Å². The molecule has 0 atom stereocenters. The Morgan fingerprint density at radius 2 is 2.32 bits per heavy atom. The molecular weight excluding hydrogens is 358 g/mol. The van der Waals surface area contributed by atoms with Crippen LogP contribution in [-0.2, 0) is 17.6 Å². The zero-order chi connectivity index (χ0) is 17.4. The topological polar surface area (TPSA) is 78.9 Å². The number of oxazole rings is 1. The number of thiophene rings is 1. The number of aryl methyl sites for hydroxylation is 1. The highest BCUT2D eigenvalue weighted by atomic mass is 35.5. The lowest BCUT2D eigenvalue weighted by molar-refractivity contribution is -0.103. The Kier molecular flexibility index (Phi) is 4.04. The maximum Gasteiger partial charge on any atom is 0.232 e. The molecule has 124 valence electrons. The normalized spacial score (nSPS) is 13.7. The molecule has 0 bridgehead atoms. The van der Waals surface area contributed by atoms with Gasteiger partial charge in [-0.3, -0.25) is 4.79 Å². The Morgan fingerprint density at radius 1 is 1.44 bits per heavy atom. The van der Waals surface area contributed by atoms with E-state index < -0.39 is 0 Å². The van der Waals surface area contributed by atoms with Gasteiger partial charge in [-0.2, -0.15) is 5.26 Å². The molecule has 0 amide bonds. The monoisotopic (exact) mass is 369 g/mol. The van der Waals surface area contributed by atoms with Crippen molar-refractivity contribution in [2.75, 3.05) is 5.32 Å². The molecule has 5 nitrogen and oxygen atoms in total. The van der Waals surface area contributed by atoms with Crippen LogP contribution in [0.25, 0.3) is 16.7 Å². The van der Waals surface area contributed by atoms with Gasteiger partial charge in [-0.25, -0.2) is 4.98 Å². The summed E-state index contributed by atoms with van der Waals surface area (Å²) in [6, 6.07) is 7.35. The third kappa shape index (κ3) is 2.82. The highest BCUT2D eigenvalue weighted by molar-refractivity contribution is 7.16. The SMILES string of the molecule is N#Cc1c(N/C=C(\C=O)c2nc3cc(Cl)ccc3o2)sc2c1CCC2. The van der Waals surface area contributed by atoms with E-state index in [1.165, 1.54) is 11.1 Å². The average Bonchev–Trinajstić information content (AvgIpc) is 3.28. The van der Waals surface area contributed by atoms with Crippen LogP contribution in [0.15, 0.2) is 28.8 Å². The summed E-state index contributed by atoms with van der Waals surface area (Å²) in [5.41, 5.74) is 3.21. The Hall–Kier alpha value is -2.62. The minimum absolute atomic E-state index is 0.211. The van der Waals surface area contributed by atoms with Crippen molar-refractivity contribution in [2.45, 2.75) is 19.3 Å². The number of nitrogens with one attached hydrogen (secondary N) is 1. The number of hydrogen-bond donors (Lipinski definition) is 1. The van der Waals surface area contributed by atoms with Crippen LogP contribution in [-0.4, -0.2) is 11.3 Å². The van der Waals surface area contributed by atoms with Gasteiger partial charge < -0.3 is 9.73 Å². The van der Waals surface area contributed by atoms with E-state index in [1.54, 1.807) is 29.5 Å². The fourth-order valence-corrected chi connectivity index (χ4v) is 4.31. The second-order valence-electron chi connectivity index (χ2n) is 5.67. The highest BCUT2D eigenvalue weighted by Crippen LogP contribution is 2.38. The first-order valence-electron chi connectivity index (χ1n) is 7.72. The van der Waals surface area contributed by atoms with E-state index in [-0.39, 0.29) is 11.5 Å². The molecule has 0 saturated carbocycles.